The van der Waals surface area contributed by atoms with E-state index in [1.54, 1.807) is 7.11 Å². The summed E-state index contributed by atoms with van der Waals surface area (Å²) < 4.78 is 10.7. The first-order chi connectivity index (χ1) is 11.6. The van der Waals surface area contributed by atoms with Gasteiger partial charge in [0, 0.05) is 13.2 Å². The van der Waals surface area contributed by atoms with E-state index in [9.17, 15) is 9.90 Å². The number of carbonyl (C=O) groups excluding carboxylic acids is 1. The molecule has 0 radical (unpaired) electrons. The molecule has 0 heterocycles. The number of hydrogen-bond donors (Lipinski definition) is 3. The Balaban J connectivity index is 1.90. The van der Waals surface area contributed by atoms with E-state index in [1.165, 1.54) is 0 Å². The molecule has 0 spiro atoms. The lowest BCUT2D eigenvalue weighted by Gasteiger charge is -2.27. The Labute approximate surface area is 143 Å². The smallest absolute Gasteiger partial charge is 0.315 e. The van der Waals surface area contributed by atoms with Crippen LogP contribution in [-0.4, -0.2) is 43.6 Å². The SMILES string of the molecule is CCOc1ccc([C@@H](COC)NC(=O)NC2CCC(O)CC2)cc1. The summed E-state index contributed by atoms with van der Waals surface area (Å²) in [5, 5.41) is 15.5. The van der Waals surface area contributed by atoms with Gasteiger partial charge < -0.3 is 25.2 Å². The van der Waals surface area contributed by atoms with Gasteiger partial charge in [-0.2, -0.15) is 0 Å². The summed E-state index contributed by atoms with van der Waals surface area (Å²) >= 11 is 0. The monoisotopic (exact) mass is 336 g/mol. The fourth-order valence-electron chi connectivity index (χ4n) is 2.96. The number of rotatable bonds is 7. The molecule has 3 N–H and O–H groups in total. The highest BCUT2D eigenvalue weighted by Crippen LogP contribution is 2.20. The molecule has 0 aliphatic heterocycles. The van der Waals surface area contributed by atoms with E-state index in [1.807, 2.05) is 31.2 Å². The maximum Gasteiger partial charge on any atom is 0.315 e. The van der Waals surface area contributed by atoms with Crippen LogP contribution in [0.1, 0.15) is 44.2 Å². The summed E-state index contributed by atoms with van der Waals surface area (Å²) in [5.74, 6) is 0.808. The van der Waals surface area contributed by atoms with E-state index >= 15 is 0 Å². The maximum atomic E-state index is 12.3. The molecule has 0 aromatic heterocycles. The van der Waals surface area contributed by atoms with Gasteiger partial charge in [0.2, 0.25) is 0 Å². The lowest BCUT2D eigenvalue weighted by molar-refractivity contribution is 0.117. The second-order valence-electron chi connectivity index (χ2n) is 6.13. The zero-order valence-electron chi connectivity index (χ0n) is 14.5. The Bertz CT molecular complexity index is 498. The summed E-state index contributed by atoms with van der Waals surface area (Å²) in [4.78, 5) is 12.3. The highest BCUT2D eigenvalue weighted by molar-refractivity contribution is 5.74. The van der Waals surface area contributed by atoms with Gasteiger partial charge in [-0.3, -0.25) is 0 Å². The molecule has 0 bridgehead atoms. The third-order valence-corrected chi connectivity index (χ3v) is 4.26. The van der Waals surface area contributed by atoms with Crippen molar-refractivity contribution in [2.75, 3.05) is 20.3 Å². The van der Waals surface area contributed by atoms with Crippen LogP contribution in [0.25, 0.3) is 0 Å². The molecule has 2 amide bonds. The molecular weight excluding hydrogens is 308 g/mol. The molecule has 2 rings (SSSR count). The number of aliphatic hydroxyl groups is 1. The summed E-state index contributed by atoms with van der Waals surface area (Å²) in [6.45, 7) is 2.96. The summed E-state index contributed by atoms with van der Waals surface area (Å²) in [6.07, 6.45) is 2.88. The van der Waals surface area contributed by atoms with Crippen LogP contribution < -0.4 is 15.4 Å². The summed E-state index contributed by atoms with van der Waals surface area (Å²) in [5.41, 5.74) is 0.967. The summed E-state index contributed by atoms with van der Waals surface area (Å²) in [6, 6.07) is 7.36. The van der Waals surface area contributed by atoms with E-state index in [0.29, 0.717) is 13.2 Å². The van der Waals surface area contributed by atoms with Crippen LogP contribution in [0.5, 0.6) is 5.75 Å². The number of hydrogen-bond acceptors (Lipinski definition) is 4. The second kappa shape index (κ2) is 9.49. The molecular formula is C18H28N2O4. The van der Waals surface area contributed by atoms with Gasteiger partial charge in [0.1, 0.15) is 5.75 Å². The Kier molecular flexibility index (Phi) is 7.34. The normalized spacial score (nSPS) is 21.8. The maximum absolute atomic E-state index is 12.3. The van der Waals surface area contributed by atoms with Crippen molar-refractivity contribution in [3.05, 3.63) is 29.8 Å². The van der Waals surface area contributed by atoms with Gasteiger partial charge in [-0.15, -0.1) is 0 Å². The minimum absolute atomic E-state index is 0.122. The minimum Gasteiger partial charge on any atom is -0.494 e. The predicted octanol–water partition coefficient (Wildman–Crippen LogP) is 2.38. The van der Waals surface area contributed by atoms with Crippen molar-refractivity contribution >= 4 is 6.03 Å². The number of urea groups is 1. The molecule has 1 aliphatic carbocycles. The van der Waals surface area contributed by atoms with Gasteiger partial charge in [0.15, 0.2) is 0 Å². The third-order valence-electron chi connectivity index (χ3n) is 4.26. The number of nitrogens with one attached hydrogen (secondary N) is 2. The zero-order valence-corrected chi connectivity index (χ0v) is 14.5. The van der Waals surface area contributed by atoms with Crippen LogP contribution in [0.2, 0.25) is 0 Å². The Morgan fingerprint density at radius 2 is 1.92 bits per heavy atom. The molecule has 1 aromatic rings. The van der Waals surface area contributed by atoms with E-state index < -0.39 is 0 Å². The molecule has 134 valence electrons. The van der Waals surface area contributed by atoms with E-state index in [0.717, 1.165) is 37.0 Å². The molecule has 1 saturated carbocycles. The minimum atomic E-state index is -0.226. The number of methoxy groups -OCH3 is 1. The van der Waals surface area contributed by atoms with Crippen molar-refractivity contribution in [1.82, 2.24) is 10.6 Å². The van der Waals surface area contributed by atoms with Gasteiger partial charge >= 0.3 is 6.03 Å². The van der Waals surface area contributed by atoms with Crippen molar-refractivity contribution in [1.29, 1.82) is 0 Å². The fourth-order valence-corrected chi connectivity index (χ4v) is 2.96. The van der Waals surface area contributed by atoms with Gasteiger partial charge in [-0.05, 0) is 50.3 Å². The predicted molar refractivity (Wildman–Crippen MR) is 92.2 cm³/mol. The molecule has 0 saturated heterocycles. The molecule has 1 atom stereocenters. The molecule has 1 aromatic carbocycles. The number of ether oxygens (including phenoxy) is 2. The lowest BCUT2D eigenvalue weighted by atomic mass is 9.93. The average Bonchev–Trinajstić information content (AvgIpc) is 2.58. The average molecular weight is 336 g/mol. The topological polar surface area (TPSA) is 79.8 Å². The summed E-state index contributed by atoms with van der Waals surface area (Å²) in [7, 11) is 1.61. The lowest BCUT2D eigenvalue weighted by Crippen LogP contribution is -2.46. The number of benzene rings is 1. The molecule has 0 unspecified atom stereocenters. The van der Waals surface area contributed by atoms with Gasteiger partial charge in [0.25, 0.3) is 0 Å². The van der Waals surface area contributed by atoms with Crippen LogP contribution in [0, 0.1) is 0 Å². The molecule has 1 aliphatic rings. The van der Waals surface area contributed by atoms with E-state index in [2.05, 4.69) is 10.6 Å². The van der Waals surface area contributed by atoms with Crippen LogP contribution in [0.3, 0.4) is 0 Å². The molecule has 6 heteroatoms. The van der Waals surface area contributed by atoms with Crippen LogP contribution in [0.4, 0.5) is 4.79 Å². The van der Waals surface area contributed by atoms with Gasteiger partial charge in [-0.1, -0.05) is 12.1 Å². The Morgan fingerprint density at radius 3 is 2.50 bits per heavy atom. The third kappa shape index (κ3) is 5.69. The largest absolute Gasteiger partial charge is 0.494 e. The Morgan fingerprint density at radius 1 is 1.25 bits per heavy atom. The van der Waals surface area contributed by atoms with Crippen molar-refractivity contribution in [2.24, 2.45) is 0 Å². The van der Waals surface area contributed by atoms with Crippen LogP contribution in [-0.2, 0) is 4.74 Å². The van der Waals surface area contributed by atoms with Gasteiger partial charge in [0.05, 0.1) is 25.4 Å². The standard InChI is InChI=1S/C18H28N2O4/c1-3-24-16-10-4-13(5-11-16)17(12-23-2)20-18(22)19-14-6-8-15(21)9-7-14/h4-5,10-11,14-15,17,21H,3,6-9,12H2,1-2H3,(H2,19,20,22)/t14?,15?,17-/m1/s1. The van der Waals surface area contributed by atoms with Crippen LogP contribution in [0.15, 0.2) is 24.3 Å². The van der Waals surface area contributed by atoms with Crippen molar-refractivity contribution in [3.8, 4) is 5.75 Å². The van der Waals surface area contributed by atoms with E-state index in [-0.39, 0.29) is 24.2 Å². The van der Waals surface area contributed by atoms with Crippen LogP contribution >= 0.6 is 0 Å². The van der Waals surface area contributed by atoms with Crippen molar-refractivity contribution < 1.29 is 19.4 Å². The number of aliphatic hydroxyl groups excluding tert-OH is 1. The Hall–Kier alpha value is -1.79. The first-order valence-corrected chi connectivity index (χ1v) is 8.59. The highest BCUT2D eigenvalue weighted by Gasteiger charge is 2.22. The number of carbonyl (C=O) groups is 1. The van der Waals surface area contributed by atoms with E-state index in [4.69, 9.17) is 9.47 Å². The first kappa shape index (κ1) is 18.5. The quantitative estimate of drug-likeness (QED) is 0.714. The van der Waals surface area contributed by atoms with Crippen molar-refractivity contribution in [2.45, 2.75) is 50.8 Å². The van der Waals surface area contributed by atoms with Gasteiger partial charge in [-0.25, -0.2) is 4.79 Å². The second-order valence-corrected chi connectivity index (χ2v) is 6.13. The first-order valence-electron chi connectivity index (χ1n) is 8.59. The fraction of sp³-hybridized carbons (Fsp3) is 0.611. The van der Waals surface area contributed by atoms with Crippen molar-refractivity contribution in [3.63, 3.8) is 0 Å². The zero-order chi connectivity index (χ0) is 17.4. The molecule has 1 fully saturated rings. The molecule has 24 heavy (non-hydrogen) atoms. The molecule has 6 nitrogen and oxygen atoms in total. The number of amides is 2. The highest BCUT2D eigenvalue weighted by atomic mass is 16.5.